The maximum Gasteiger partial charge on any atom is 2.00 e. The third kappa shape index (κ3) is 13.7. The van der Waals surface area contributed by atoms with E-state index < -0.39 is 0 Å². The Morgan fingerprint density at radius 2 is 1.57 bits per heavy atom. The first-order chi connectivity index (χ1) is 12.5. The fourth-order valence-corrected chi connectivity index (χ4v) is 3.87. The molecule has 1 radical (unpaired) electrons. The summed E-state index contributed by atoms with van der Waals surface area (Å²) in [4.78, 5) is 0. The number of hydrogen-bond acceptors (Lipinski definition) is 3. The summed E-state index contributed by atoms with van der Waals surface area (Å²) in [6.07, 6.45) is 1.02. The molecule has 0 spiro atoms. The van der Waals surface area contributed by atoms with Gasteiger partial charge in [-0.05, 0) is 25.3 Å². The van der Waals surface area contributed by atoms with E-state index in [9.17, 15) is 0 Å². The first kappa shape index (κ1) is 30.8. The molecule has 1 rings (SSSR count). The van der Waals surface area contributed by atoms with Gasteiger partial charge in [0.1, 0.15) is 6.67 Å². The number of nitrogens with zero attached hydrogens (tertiary/aromatic N) is 3. The van der Waals surface area contributed by atoms with E-state index >= 15 is 0 Å². The molecular weight excluding hydrogens is 425 g/mol. The van der Waals surface area contributed by atoms with Crippen LogP contribution in [0.2, 0.25) is 0 Å². The Labute approximate surface area is 193 Å². The second-order valence-corrected chi connectivity index (χ2v) is 9.84. The summed E-state index contributed by atoms with van der Waals surface area (Å²) in [5.74, 6) is 2.78. The monoisotopic (exact) mass is 476 g/mol. The first-order valence-corrected chi connectivity index (χ1v) is 11.2. The Balaban J connectivity index is 0. The molecule has 0 aromatic carbocycles. The van der Waals surface area contributed by atoms with Gasteiger partial charge in [-0.3, -0.25) is 0 Å². The average Bonchev–Trinajstić information content (AvgIpc) is 2.85. The van der Waals surface area contributed by atoms with Crippen LogP contribution in [-0.2, 0) is 22.4 Å². The molecule has 167 valence electrons. The maximum absolute atomic E-state index is 4.14. The molecule has 1 heterocycles. The quantitative estimate of drug-likeness (QED) is 0.269. The van der Waals surface area contributed by atoms with Crippen molar-refractivity contribution in [3.63, 3.8) is 0 Å². The Morgan fingerprint density at radius 1 is 1.04 bits per heavy atom. The molecule has 28 heavy (non-hydrogen) atoms. The van der Waals surface area contributed by atoms with Gasteiger partial charge in [0.15, 0.2) is 0 Å². The Bertz CT molecular complexity index is 360. The number of quaternary nitrogens is 1. The van der Waals surface area contributed by atoms with Gasteiger partial charge in [0.25, 0.3) is 0 Å². The molecule has 0 saturated carbocycles. The summed E-state index contributed by atoms with van der Waals surface area (Å²) in [6.45, 7) is 35.1. The van der Waals surface area contributed by atoms with Gasteiger partial charge >= 0.3 is 22.4 Å². The van der Waals surface area contributed by atoms with Crippen molar-refractivity contribution in [3.8, 4) is 0 Å². The number of hydrazine groups is 1. The van der Waals surface area contributed by atoms with Crippen LogP contribution in [-0.4, -0.2) is 67.1 Å². The summed E-state index contributed by atoms with van der Waals surface area (Å²) in [5.41, 5.74) is 0. The second-order valence-electron chi connectivity index (χ2n) is 9.84. The Kier molecular flexibility index (Phi) is 17.9. The zero-order valence-electron chi connectivity index (χ0n) is 20.4. The summed E-state index contributed by atoms with van der Waals surface area (Å²) in [6, 6.07) is 0. The van der Waals surface area contributed by atoms with E-state index in [1.807, 2.05) is 0 Å². The molecule has 1 N–H and O–H groups in total. The summed E-state index contributed by atoms with van der Waals surface area (Å²) in [5, 5.41) is 8.77. The van der Waals surface area contributed by atoms with Crippen LogP contribution in [0.1, 0.15) is 61.8 Å². The van der Waals surface area contributed by atoms with E-state index in [0.717, 1.165) is 38.1 Å². The van der Waals surface area contributed by atoms with Crippen LogP contribution in [0.4, 0.5) is 0 Å². The molecule has 0 amide bonds. The fourth-order valence-electron chi connectivity index (χ4n) is 3.87. The normalized spacial score (nSPS) is 20.2. The number of nitrogens with one attached hydrogen (secondary N) is 1. The molecular formula is C23H51N4Nb+. The minimum Gasteiger partial charge on any atom is -0.341 e. The Hall–Kier alpha value is 0.580. The van der Waals surface area contributed by atoms with Crippen molar-refractivity contribution in [2.24, 2.45) is 23.7 Å². The summed E-state index contributed by atoms with van der Waals surface area (Å²) < 4.78 is 1.18. The van der Waals surface area contributed by atoms with Crippen LogP contribution in [0.15, 0.2) is 0 Å². The topological polar surface area (TPSA) is 18.5 Å². The molecule has 1 saturated heterocycles. The zero-order chi connectivity index (χ0) is 21.0. The van der Waals surface area contributed by atoms with E-state index in [1.165, 1.54) is 37.2 Å². The molecule has 2 atom stereocenters. The fraction of sp³-hybridized carbons (Fsp3) is 0.913. The number of rotatable bonds is 11. The predicted octanol–water partition coefficient (Wildman–Crippen LogP) is 4.51. The third-order valence-corrected chi connectivity index (χ3v) is 4.81. The van der Waals surface area contributed by atoms with Crippen molar-refractivity contribution < 1.29 is 26.9 Å². The molecule has 1 fully saturated rings. The summed E-state index contributed by atoms with van der Waals surface area (Å²) in [7, 11) is 0. The van der Waals surface area contributed by atoms with Crippen molar-refractivity contribution in [1.82, 2.24) is 15.3 Å². The summed E-state index contributed by atoms with van der Waals surface area (Å²) >= 11 is 0. The Morgan fingerprint density at radius 3 is 2.00 bits per heavy atom. The second kappa shape index (κ2) is 16.3. The number of hydrogen-bond donors (Lipinski definition) is 1. The molecule has 0 aliphatic carbocycles. The van der Waals surface area contributed by atoms with Crippen molar-refractivity contribution >= 4 is 0 Å². The van der Waals surface area contributed by atoms with Crippen LogP contribution < -0.4 is 5.32 Å². The molecule has 4 nitrogen and oxygen atoms in total. The van der Waals surface area contributed by atoms with E-state index in [1.54, 1.807) is 0 Å². The van der Waals surface area contributed by atoms with Gasteiger partial charge in [-0.2, -0.15) is 10.9 Å². The minimum absolute atomic E-state index is 0. The van der Waals surface area contributed by atoms with Gasteiger partial charge in [0.2, 0.25) is 0 Å². The standard InChI is InChI=1S/C19H42N4.C4H9.Nb/c1-8-10-23(9-2,14-18(5)6)16-22-13-19(7)12-21(22)15-20-11-17(3)4;1-4(2)3;/h17-20H,1,8-16H2,2-7H3;4H,1H2,2-3H3;/q;-1;+2. The van der Waals surface area contributed by atoms with Gasteiger partial charge in [-0.25, -0.2) is 5.01 Å². The van der Waals surface area contributed by atoms with Crippen LogP contribution in [0, 0.1) is 37.5 Å². The van der Waals surface area contributed by atoms with Crippen LogP contribution >= 0.6 is 0 Å². The van der Waals surface area contributed by atoms with Crippen molar-refractivity contribution in [2.75, 3.05) is 52.6 Å². The van der Waals surface area contributed by atoms with Gasteiger partial charge < -0.3 is 23.6 Å². The molecule has 5 heteroatoms. The van der Waals surface area contributed by atoms with Gasteiger partial charge in [0.05, 0.1) is 26.3 Å². The van der Waals surface area contributed by atoms with Crippen molar-refractivity contribution in [1.29, 1.82) is 0 Å². The minimum atomic E-state index is 0. The van der Waals surface area contributed by atoms with E-state index in [-0.39, 0.29) is 22.4 Å². The van der Waals surface area contributed by atoms with Crippen LogP contribution in [0.3, 0.4) is 0 Å². The third-order valence-electron chi connectivity index (χ3n) is 4.81. The molecule has 0 aromatic rings. The SMILES string of the molecule is [CH2-]C(C)C.[CH2-]CC[N+](CC)(CC(C)C)CN1CC(C)CN1CNCC(C)C.[Nb+2]. The van der Waals surface area contributed by atoms with Gasteiger partial charge in [-0.15, -0.1) is 6.42 Å². The average molecular weight is 477 g/mol. The molecule has 0 bridgehead atoms. The van der Waals surface area contributed by atoms with Crippen LogP contribution in [0.5, 0.6) is 0 Å². The van der Waals surface area contributed by atoms with E-state index in [0.29, 0.717) is 11.8 Å². The predicted molar refractivity (Wildman–Crippen MR) is 121 cm³/mol. The smallest absolute Gasteiger partial charge is 0.341 e. The van der Waals surface area contributed by atoms with Crippen molar-refractivity contribution in [3.05, 3.63) is 13.8 Å². The van der Waals surface area contributed by atoms with Gasteiger partial charge in [0, 0.05) is 19.0 Å². The zero-order valence-corrected chi connectivity index (χ0v) is 22.6. The van der Waals surface area contributed by atoms with E-state index in [2.05, 4.69) is 84.6 Å². The van der Waals surface area contributed by atoms with Crippen molar-refractivity contribution in [2.45, 2.75) is 61.8 Å². The van der Waals surface area contributed by atoms with Crippen LogP contribution in [0.25, 0.3) is 0 Å². The first-order valence-electron chi connectivity index (χ1n) is 11.2. The largest absolute Gasteiger partial charge is 2.00 e. The molecule has 0 aromatic heterocycles. The van der Waals surface area contributed by atoms with E-state index in [4.69, 9.17) is 0 Å². The molecule has 2 unspecified atom stereocenters. The molecule has 1 aliphatic heterocycles. The van der Waals surface area contributed by atoms with Gasteiger partial charge in [-0.1, -0.05) is 48.5 Å². The molecule has 1 aliphatic rings. The maximum atomic E-state index is 4.14.